The Kier molecular flexibility index (Phi) is 4.70. The molecule has 1 N–H and O–H groups in total. The van der Waals surface area contributed by atoms with E-state index >= 15 is 0 Å². The lowest BCUT2D eigenvalue weighted by Gasteiger charge is -2.30. The third-order valence-electron chi connectivity index (χ3n) is 4.74. The molecule has 0 bridgehead atoms. The maximum atomic E-state index is 13.0. The maximum Gasteiger partial charge on any atom is 0.293 e. The quantitative estimate of drug-likeness (QED) is 0.844. The van der Waals surface area contributed by atoms with E-state index in [4.69, 9.17) is 0 Å². The number of amides is 2. The highest BCUT2D eigenvalue weighted by Crippen LogP contribution is 2.40. The highest BCUT2D eigenvalue weighted by Gasteiger charge is 2.41. The molecule has 0 radical (unpaired) electrons. The summed E-state index contributed by atoms with van der Waals surface area (Å²) in [7, 11) is 1.70. The minimum absolute atomic E-state index is 0.0253. The van der Waals surface area contributed by atoms with Gasteiger partial charge in [0.15, 0.2) is 6.10 Å². The summed E-state index contributed by atoms with van der Waals surface area (Å²) in [5.74, 6) is -0.934. The summed E-state index contributed by atoms with van der Waals surface area (Å²) in [5.41, 5.74) is 1.87. The monoisotopic (exact) mass is 340 g/mol. The van der Waals surface area contributed by atoms with Crippen LogP contribution in [0.2, 0.25) is 0 Å². The first kappa shape index (κ1) is 17.0. The van der Waals surface area contributed by atoms with Gasteiger partial charge in [0.25, 0.3) is 12.4 Å². The molecule has 25 heavy (non-hydrogen) atoms. The Hall–Kier alpha value is -2.89. The topological polar surface area (TPSA) is 75.7 Å². The first-order valence-corrected chi connectivity index (χ1v) is 8.15. The first-order valence-electron chi connectivity index (χ1n) is 8.15. The molecule has 0 saturated heterocycles. The Morgan fingerprint density at radius 1 is 1.28 bits per heavy atom. The number of likely N-dealkylation sites (N-methyl/N-ethyl adjacent to an activating group) is 1. The third kappa shape index (κ3) is 3.07. The van der Waals surface area contributed by atoms with Crippen LogP contribution in [0.25, 0.3) is 0 Å². The molecule has 1 aromatic rings. The van der Waals surface area contributed by atoms with E-state index in [1.807, 2.05) is 48.6 Å². The van der Waals surface area contributed by atoms with Gasteiger partial charge < -0.3 is 15.0 Å². The predicted molar refractivity (Wildman–Crippen MR) is 92.9 cm³/mol. The van der Waals surface area contributed by atoms with Crippen molar-refractivity contribution in [3.63, 3.8) is 0 Å². The van der Waals surface area contributed by atoms with Gasteiger partial charge in [-0.25, -0.2) is 0 Å². The van der Waals surface area contributed by atoms with Crippen LogP contribution in [0, 0.1) is 5.92 Å². The molecule has 3 rings (SSSR count). The van der Waals surface area contributed by atoms with E-state index < -0.39 is 18.1 Å². The van der Waals surface area contributed by atoms with E-state index in [2.05, 4.69) is 10.1 Å². The number of benzene rings is 1. The zero-order valence-corrected chi connectivity index (χ0v) is 14.1. The number of allylic oxidation sites excluding steroid dienone is 3. The van der Waals surface area contributed by atoms with Crippen molar-refractivity contribution in [2.24, 2.45) is 5.92 Å². The van der Waals surface area contributed by atoms with Gasteiger partial charge in [-0.05, 0) is 18.6 Å². The number of nitrogens with zero attached hydrogens (tertiary/aromatic N) is 1. The molecule has 0 spiro atoms. The van der Waals surface area contributed by atoms with Crippen LogP contribution in [0.1, 0.15) is 18.4 Å². The number of carbonyl (C=O) groups is 3. The summed E-state index contributed by atoms with van der Waals surface area (Å²) in [5, 5.41) is 2.76. The third-order valence-corrected chi connectivity index (χ3v) is 4.74. The Morgan fingerprint density at radius 2 is 2.00 bits per heavy atom. The van der Waals surface area contributed by atoms with Gasteiger partial charge in [-0.3, -0.25) is 14.4 Å². The van der Waals surface area contributed by atoms with Gasteiger partial charge in [-0.15, -0.1) is 0 Å². The lowest BCUT2D eigenvalue weighted by Crippen LogP contribution is -2.53. The number of rotatable bonds is 4. The number of carbonyl (C=O) groups excluding carboxylic acids is 3. The van der Waals surface area contributed by atoms with Crippen molar-refractivity contribution in [1.82, 2.24) is 5.32 Å². The van der Waals surface area contributed by atoms with Gasteiger partial charge in [0.05, 0.1) is 0 Å². The van der Waals surface area contributed by atoms with Crippen LogP contribution in [0.3, 0.4) is 0 Å². The standard InChI is InChI=1S/C19H20N2O4/c1-12(25-11-22)18(23)20-17-15-9-4-3-7-13(15)14-8-5-6-10-16(14)21(2)19(17)24/h3-13,15,17H,1-2H3,(H,20,23)/t12-,13?,15?,17-/m0/s1. The van der Waals surface area contributed by atoms with E-state index in [-0.39, 0.29) is 24.2 Å². The van der Waals surface area contributed by atoms with E-state index in [0.29, 0.717) is 0 Å². The van der Waals surface area contributed by atoms with Crippen LogP contribution in [-0.4, -0.2) is 37.5 Å². The number of para-hydroxylation sites is 1. The Labute approximate surface area is 146 Å². The molecule has 2 amide bonds. The largest absolute Gasteiger partial charge is 0.455 e. The molecule has 4 atom stereocenters. The molecule has 6 heteroatoms. The minimum atomic E-state index is -0.956. The van der Waals surface area contributed by atoms with Gasteiger partial charge in [0.2, 0.25) is 5.91 Å². The fourth-order valence-corrected chi connectivity index (χ4v) is 3.39. The normalized spacial score (nSPS) is 25.4. The summed E-state index contributed by atoms with van der Waals surface area (Å²) in [6, 6.07) is 6.99. The van der Waals surface area contributed by atoms with Crippen molar-refractivity contribution < 1.29 is 19.1 Å². The summed E-state index contributed by atoms with van der Waals surface area (Å²) in [6.07, 6.45) is 6.86. The van der Waals surface area contributed by atoms with E-state index in [0.717, 1.165) is 11.3 Å². The molecule has 2 aliphatic rings. The van der Waals surface area contributed by atoms with Gasteiger partial charge in [0.1, 0.15) is 6.04 Å². The van der Waals surface area contributed by atoms with Crippen molar-refractivity contribution in [2.45, 2.75) is 25.0 Å². The maximum absolute atomic E-state index is 13.0. The minimum Gasteiger partial charge on any atom is -0.455 e. The Morgan fingerprint density at radius 3 is 2.76 bits per heavy atom. The second-order valence-electron chi connectivity index (χ2n) is 6.19. The van der Waals surface area contributed by atoms with E-state index in [1.54, 1.807) is 11.9 Å². The lowest BCUT2D eigenvalue weighted by atomic mass is 9.79. The zero-order chi connectivity index (χ0) is 18.0. The Bertz CT molecular complexity index is 756. The highest BCUT2D eigenvalue weighted by molar-refractivity contribution is 6.01. The average Bonchev–Trinajstić information content (AvgIpc) is 2.72. The molecule has 1 aliphatic carbocycles. The van der Waals surface area contributed by atoms with Crippen LogP contribution in [0.4, 0.5) is 5.69 Å². The molecule has 6 nitrogen and oxygen atoms in total. The molecular weight excluding hydrogens is 320 g/mol. The number of hydrogen-bond acceptors (Lipinski definition) is 4. The van der Waals surface area contributed by atoms with Crippen LogP contribution in [0.15, 0.2) is 48.6 Å². The summed E-state index contributed by atoms with van der Waals surface area (Å²) >= 11 is 0. The Balaban J connectivity index is 1.98. The predicted octanol–water partition coefficient (Wildman–Crippen LogP) is 1.54. The van der Waals surface area contributed by atoms with Crippen molar-refractivity contribution in [3.8, 4) is 0 Å². The molecule has 130 valence electrons. The summed E-state index contributed by atoms with van der Waals surface area (Å²) < 4.78 is 4.69. The molecule has 0 fully saturated rings. The van der Waals surface area contributed by atoms with Crippen molar-refractivity contribution in [1.29, 1.82) is 0 Å². The van der Waals surface area contributed by atoms with E-state index in [1.165, 1.54) is 6.92 Å². The molecule has 1 aliphatic heterocycles. The smallest absolute Gasteiger partial charge is 0.293 e. The summed E-state index contributed by atoms with van der Waals surface area (Å²) in [4.78, 5) is 37.4. The fraction of sp³-hybridized carbons (Fsp3) is 0.316. The molecule has 2 unspecified atom stereocenters. The second-order valence-corrected chi connectivity index (χ2v) is 6.19. The van der Waals surface area contributed by atoms with Crippen LogP contribution in [0.5, 0.6) is 0 Å². The molecule has 1 aromatic carbocycles. The average molecular weight is 340 g/mol. The molecule has 0 aromatic heterocycles. The fourth-order valence-electron chi connectivity index (χ4n) is 3.39. The lowest BCUT2D eigenvalue weighted by molar-refractivity contribution is -0.145. The van der Waals surface area contributed by atoms with Crippen LogP contribution in [-0.2, 0) is 19.1 Å². The number of fused-ring (bicyclic) bond motifs is 3. The number of hydrogen-bond donors (Lipinski definition) is 1. The number of ether oxygens (including phenoxy) is 1. The molecular formula is C19H20N2O4. The SMILES string of the molecule is C[C@H](OC=O)C(=O)N[C@@H]1C(=O)N(C)c2ccccc2C2C=CC=CC21. The number of nitrogens with one attached hydrogen (secondary N) is 1. The summed E-state index contributed by atoms with van der Waals surface area (Å²) in [6.45, 7) is 1.70. The molecule has 0 saturated carbocycles. The van der Waals surface area contributed by atoms with Crippen molar-refractivity contribution in [3.05, 3.63) is 54.1 Å². The molecule has 1 heterocycles. The van der Waals surface area contributed by atoms with Crippen LogP contribution < -0.4 is 10.2 Å². The van der Waals surface area contributed by atoms with Gasteiger partial charge in [-0.1, -0.05) is 42.5 Å². The van der Waals surface area contributed by atoms with Gasteiger partial charge >= 0.3 is 0 Å². The van der Waals surface area contributed by atoms with Crippen molar-refractivity contribution >= 4 is 24.0 Å². The first-order chi connectivity index (χ1) is 12.0. The second kappa shape index (κ2) is 6.93. The number of anilines is 1. The van der Waals surface area contributed by atoms with Gasteiger partial charge in [0, 0.05) is 24.6 Å². The van der Waals surface area contributed by atoms with Gasteiger partial charge in [-0.2, -0.15) is 0 Å². The van der Waals surface area contributed by atoms with Crippen LogP contribution >= 0.6 is 0 Å². The van der Waals surface area contributed by atoms with Crippen molar-refractivity contribution in [2.75, 3.05) is 11.9 Å². The zero-order valence-electron chi connectivity index (χ0n) is 14.1. The van der Waals surface area contributed by atoms with E-state index in [9.17, 15) is 14.4 Å². The highest BCUT2D eigenvalue weighted by atomic mass is 16.5.